The molecule has 5 nitrogen and oxygen atoms in total. The Balaban J connectivity index is 1.84. The number of benzene rings is 3. The molecule has 3 aromatic rings. The normalized spacial score (nSPS) is 17.4. The molecule has 3 N–H and O–H groups in total. The zero-order valence-corrected chi connectivity index (χ0v) is 19.8. The van der Waals surface area contributed by atoms with Crippen LogP contribution in [0.25, 0.3) is 10.8 Å². The lowest BCUT2D eigenvalue weighted by atomic mass is 9.89. The Morgan fingerprint density at radius 2 is 1.81 bits per heavy atom. The molecule has 0 bridgehead atoms. The van der Waals surface area contributed by atoms with Crippen LogP contribution in [0.3, 0.4) is 0 Å². The maximum atomic E-state index is 14.2. The van der Waals surface area contributed by atoms with Crippen molar-refractivity contribution < 1.29 is 8.60 Å². The van der Waals surface area contributed by atoms with Crippen LogP contribution in [0.15, 0.2) is 69.7 Å². The van der Waals surface area contributed by atoms with Gasteiger partial charge in [-0.15, -0.1) is 0 Å². The third-order valence-electron chi connectivity index (χ3n) is 5.83. The summed E-state index contributed by atoms with van der Waals surface area (Å²) in [6.45, 7) is 6.00. The molecular formula is C25H29FN4OS. The van der Waals surface area contributed by atoms with Crippen LogP contribution in [0.5, 0.6) is 0 Å². The predicted octanol–water partition coefficient (Wildman–Crippen LogP) is 5.94. The summed E-state index contributed by atoms with van der Waals surface area (Å²) in [5.41, 5.74) is 3.55. The molecule has 0 amide bonds. The molecule has 2 atom stereocenters. The Hall–Kier alpha value is -2.90. The maximum Gasteiger partial charge on any atom is 0.141 e. The summed E-state index contributed by atoms with van der Waals surface area (Å²) >= 11 is 0. The molecule has 0 saturated heterocycles. The molecule has 0 aliphatic carbocycles. The van der Waals surface area contributed by atoms with Crippen molar-refractivity contribution in [1.29, 1.82) is 0 Å². The standard InChI is InChI=1S/C25H29FN4OS/c1-15(2)20-13-17(26)14-21-16(3)12-24(28-25(20)21)29-32(27,31)23-11-7-8-18-19(23)9-6-10-22(18)30(4)5/h6-16,28H,1-5H3,(H2,27,29,31). The van der Waals surface area contributed by atoms with Gasteiger partial charge in [-0.3, -0.25) is 0 Å². The second-order valence-electron chi connectivity index (χ2n) is 8.76. The van der Waals surface area contributed by atoms with Gasteiger partial charge in [-0.1, -0.05) is 45.0 Å². The number of nitrogens with two attached hydrogens (primary N) is 1. The molecule has 0 spiro atoms. The fraction of sp³-hybridized carbons (Fsp3) is 0.280. The summed E-state index contributed by atoms with van der Waals surface area (Å²) < 4.78 is 32.4. The number of nitrogens with one attached hydrogen (secondary N) is 1. The third-order valence-corrected chi connectivity index (χ3v) is 7.28. The van der Waals surface area contributed by atoms with Crippen LogP contribution < -0.4 is 15.4 Å². The van der Waals surface area contributed by atoms with Crippen molar-refractivity contribution >= 4 is 32.1 Å². The van der Waals surface area contributed by atoms with Crippen molar-refractivity contribution in [2.24, 2.45) is 9.50 Å². The molecule has 0 radical (unpaired) electrons. The van der Waals surface area contributed by atoms with Gasteiger partial charge in [-0.05, 0) is 47.4 Å². The van der Waals surface area contributed by atoms with Gasteiger partial charge < -0.3 is 10.2 Å². The number of halogens is 1. The van der Waals surface area contributed by atoms with Crippen molar-refractivity contribution in [3.63, 3.8) is 0 Å². The van der Waals surface area contributed by atoms with Gasteiger partial charge in [0, 0.05) is 42.2 Å². The molecule has 0 saturated carbocycles. The Bertz CT molecular complexity index is 1350. The largest absolute Gasteiger partial charge is 0.377 e. The molecule has 32 heavy (non-hydrogen) atoms. The summed E-state index contributed by atoms with van der Waals surface area (Å²) in [5.74, 6) is 0.196. The van der Waals surface area contributed by atoms with Gasteiger partial charge in [0.15, 0.2) is 0 Å². The molecule has 7 heteroatoms. The molecule has 2 unspecified atom stereocenters. The summed E-state index contributed by atoms with van der Waals surface area (Å²) in [7, 11) is 0.693. The van der Waals surface area contributed by atoms with E-state index in [1.54, 1.807) is 18.2 Å². The van der Waals surface area contributed by atoms with Crippen molar-refractivity contribution in [3.05, 3.63) is 77.4 Å². The number of rotatable bonds is 4. The fourth-order valence-corrected chi connectivity index (χ4v) is 5.53. The molecule has 4 rings (SSSR count). The minimum Gasteiger partial charge on any atom is -0.377 e. The Morgan fingerprint density at radius 1 is 1.12 bits per heavy atom. The first-order valence-corrected chi connectivity index (χ1v) is 12.2. The summed E-state index contributed by atoms with van der Waals surface area (Å²) in [4.78, 5) is 2.50. The van der Waals surface area contributed by atoms with Gasteiger partial charge in [0.2, 0.25) is 0 Å². The van der Waals surface area contributed by atoms with E-state index in [1.807, 2.05) is 76.2 Å². The van der Waals surface area contributed by atoms with E-state index in [0.717, 1.165) is 33.3 Å². The van der Waals surface area contributed by atoms with E-state index in [-0.39, 0.29) is 17.7 Å². The van der Waals surface area contributed by atoms with Crippen molar-refractivity contribution in [3.8, 4) is 0 Å². The van der Waals surface area contributed by atoms with Crippen LogP contribution in [0.2, 0.25) is 0 Å². The summed E-state index contributed by atoms with van der Waals surface area (Å²) in [6.07, 6.45) is 1.84. The smallest absolute Gasteiger partial charge is 0.141 e. The molecule has 1 heterocycles. The lowest BCUT2D eigenvalue weighted by Gasteiger charge is -2.26. The van der Waals surface area contributed by atoms with Gasteiger partial charge >= 0.3 is 0 Å². The van der Waals surface area contributed by atoms with Crippen LogP contribution >= 0.6 is 0 Å². The second kappa shape index (κ2) is 8.22. The minimum absolute atomic E-state index is 0.0961. The first kappa shape index (κ1) is 22.3. The number of anilines is 2. The fourth-order valence-electron chi connectivity index (χ4n) is 4.26. The van der Waals surface area contributed by atoms with Gasteiger partial charge in [0.25, 0.3) is 0 Å². The highest BCUT2D eigenvalue weighted by Gasteiger charge is 2.23. The van der Waals surface area contributed by atoms with Crippen LogP contribution in [-0.2, 0) is 9.92 Å². The average Bonchev–Trinajstić information content (AvgIpc) is 2.72. The first-order chi connectivity index (χ1) is 15.1. The summed E-state index contributed by atoms with van der Waals surface area (Å²) in [6, 6.07) is 14.5. The van der Waals surface area contributed by atoms with Crippen LogP contribution in [0.4, 0.5) is 15.8 Å². The number of allylic oxidation sites excluding steroid dienone is 1. The molecule has 1 aliphatic heterocycles. The predicted molar refractivity (Wildman–Crippen MR) is 132 cm³/mol. The lowest BCUT2D eigenvalue weighted by molar-refractivity contribution is 0.619. The number of fused-ring (bicyclic) bond motifs is 2. The van der Waals surface area contributed by atoms with E-state index in [9.17, 15) is 8.60 Å². The zero-order chi connectivity index (χ0) is 23.2. The molecule has 1 aliphatic rings. The highest BCUT2D eigenvalue weighted by molar-refractivity contribution is 7.91. The van der Waals surface area contributed by atoms with Gasteiger partial charge in [-0.2, -0.15) is 4.36 Å². The third kappa shape index (κ3) is 3.98. The Kier molecular flexibility index (Phi) is 5.73. The number of nitrogens with zero attached hydrogens (tertiary/aromatic N) is 2. The van der Waals surface area contributed by atoms with E-state index in [0.29, 0.717) is 10.7 Å². The van der Waals surface area contributed by atoms with Gasteiger partial charge in [-0.25, -0.2) is 13.7 Å². The van der Waals surface area contributed by atoms with Crippen molar-refractivity contribution in [2.75, 3.05) is 24.3 Å². The average molecular weight is 453 g/mol. The molecule has 0 aromatic heterocycles. The van der Waals surface area contributed by atoms with E-state index in [1.165, 1.54) is 0 Å². The number of hydrogen-bond acceptors (Lipinski definition) is 4. The highest BCUT2D eigenvalue weighted by Crippen LogP contribution is 2.39. The van der Waals surface area contributed by atoms with Gasteiger partial charge in [0.1, 0.15) is 21.6 Å². The van der Waals surface area contributed by atoms with E-state index in [4.69, 9.17) is 5.14 Å². The number of hydrogen-bond donors (Lipinski definition) is 2. The first-order valence-electron chi connectivity index (χ1n) is 10.6. The molecule has 3 aromatic carbocycles. The lowest BCUT2D eigenvalue weighted by Crippen LogP contribution is -2.18. The van der Waals surface area contributed by atoms with Crippen LogP contribution in [0, 0.1) is 5.82 Å². The van der Waals surface area contributed by atoms with E-state index < -0.39 is 9.92 Å². The molecule has 168 valence electrons. The van der Waals surface area contributed by atoms with E-state index >= 15 is 0 Å². The minimum atomic E-state index is -3.24. The Morgan fingerprint density at radius 3 is 2.50 bits per heavy atom. The SMILES string of the molecule is CC(C)c1cc(F)cc2c1NC(N=S(N)(=O)c1cccc3c(N(C)C)cccc13)=CC2C. The van der Waals surface area contributed by atoms with Crippen LogP contribution in [0.1, 0.15) is 43.7 Å². The quantitative estimate of drug-likeness (QED) is 0.515. The second-order valence-corrected chi connectivity index (χ2v) is 10.5. The monoisotopic (exact) mass is 452 g/mol. The molecular weight excluding hydrogens is 423 g/mol. The topological polar surface area (TPSA) is 70.7 Å². The van der Waals surface area contributed by atoms with Crippen molar-refractivity contribution in [1.82, 2.24) is 0 Å². The molecule has 0 fully saturated rings. The highest BCUT2D eigenvalue weighted by atomic mass is 32.2. The Labute approximate surface area is 189 Å². The maximum absolute atomic E-state index is 14.2. The van der Waals surface area contributed by atoms with Crippen molar-refractivity contribution in [2.45, 2.75) is 37.5 Å². The van der Waals surface area contributed by atoms with Crippen LogP contribution in [-0.4, -0.2) is 18.3 Å². The summed E-state index contributed by atoms with van der Waals surface area (Å²) in [5, 5.41) is 11.4. The van der Waals surface area contributed by atoms with E-state index in [2.05, 4.69) is 9.68 Å². The zero-order valence-electron chi connectivity index (χ0n) is 19.0. The van der Waals surface area contributed by atoms with Gasteiger partial charge in [0.05, 0.1) is 4.90 Å².